The highest BCUT2D eigenvalue weighted by molar-refractivity contribution is 5.96. The summed E-state index contributed by atoms with van der Waals surface area (Å²) in [5.74, 6) is 4.41. The maximum Gasteiger partial charge on any atom is 0.229 e. The van der Waals surface area contributed by atoms with Gasteiger partial charge in [0.05, 0.1) is 12.7 Å². The van der Waals surface area contributed by atoms with Gasteiger partial charge in [0.15, 0.2) is 5.79 Å². The lowest BCUT2D eigenvalue weighted by Gasteiger charge is -2.61. The summed E-state index contributed by atoms with van der Waals surface area (Å²) in [5, 5.41) is 6.28. The Morgan fingerprint density at radius 3 is 2.48 bits per heavy atom. The van der Waals surface area contributed by atoms with Gasteiger partial charge in [-0.25, -0.2) is 0 Å². The van der Waals surface area contributed by atoms with E-state index in [1.165, 1.54) is 44.9 Å². The van der Waals surface area contributed by atoms with E-state index in [4.69, 9.17) is 9.47 Å². The minimum atomic E-state index is -0.266. The second kappa shape index (κ2) is 11.4. The normalized spacial score (nSPS) is 51.1. The molecule has 0 aromatic rings. The van der Waals surface area contributed by atoms with Crippen LogP contribution in [0.5, 0.6) is 0 Å². The smallest absolute Gasteiger partial charge is 0.229 e. The van der Waals surface area contributed by atoms with Crippen LogP contribution >= 0.6 is 0 Å². The lowest BCUT2D eigenvalue weighted by atomic mass is 9.44. The third-order valence-corrected chi connectivity index (χ3v) is 16.0. The first kappa shape index (κ1) is 32.0. The van der Waals surface area contributed by atoms with E-state index in [2.05, 4.69) is 55.2 Å². The number of likely N-dealkylation sites (N-methyl/N-ethyl adjacent to an activating group) is 1. The quantitative estimate of drug-likeness (QED) is 0.312. The Balaban J connectivity index is 0.828. The fourth-order valence-corrected chi connectivity index (χ4v) is 13.6. The van der Waals surface area contributed by atoms with E-state index in [1.807, 2.05) is 0 Å². The third kappa shape index (κ3) is 4.80. The molecule has 5 aliphatic carbocycles. The summed E-state index contributed by atoms with van der Waals surface area (Å²) in [6.07, 6.45) is 12.4. The Labute approximate surface area is 277 Å². The van der Waals surface area contributed by atoms with Gasteiger partial charge in [0.1, 0.15) is 6.42 Å². The van der Waals surface area contributed by atoms with Crippen molar-refractivity contribution < 1.29 is 19.1 Å². The molecule has 8 heteroatoms. The first-order valence-electron chi connectivity index (χ1n) is 19.3. The molecule has 13 atom stereocenters. The number of piperazine rings is 1. The predicted octanol–water partition coefficient (Wildman–Crippen LogP) is 4.67. The van der Waals surface area contributed by atoms with Gasteiger partial charge in [-0.1, -0.05) is 27.7 Å². The van der Waals surface area contributed by atoms with Crippen molar-refractivity contribution in [2.75, 3.05) is 52.9 Å². The predicted molar refractivity (Wildman–Crippen MR) is 178 cm³/mol. The molecule has 0 aromatic carbocycles. The zero-order valence-electron chi connectivity index (χ0n) is 29.5. The molecule has 3 aliphatic heterocycles. The monoisotopic (exact) mass is 638 g/mol. The van der Waals surface area contributed by atoms with Crippen molar-refractivity contribution in [1.82, 2.24) is 20.4 Å². The van der Waals surface area contributed by atoms with E-state index < -0.39 is 0 Å². The van der Waals surface area contributed by atoms with Gasteiger partial charge in [0.25, 0.3) is 0 Å². The first-order chi connectivity index (χ1) is 22.0. The van der Waals surface area contributed by atoms with Crippen molar-refractivity contribution in [3.05, 3.63) is 0 Å². The fourth-order valence-electron chi connectivity index (χ4n) is 13.6. The van der Waals surface area contributed by atoms with Gasteiger partial charge < -0.3 is 29.9 Å². The van der Waals surface area contributed by atoms with Crippen molar-refractivity contribution in [2.24, 2.45) is 57.7 Å². The van der Waals surface area contributed by atoms with E-state index in [0.717, 1.165) is 76.3 Å². The van der Waals surface area contributed by atoms with Gasteiger partial charge in [-0.05, 0) is 118 Å². The van der Waals surface area contributed by atoms with E-state index in [0.29, 0.717) is 47.2 Å². The number of amides is 2. The summed E-state index contributed by atoms with van der Waals surface area (Å²) in [4.78, 5) is 30.3. The molecule has 8 aliphatic rings. The van der Waals surface area contributed by atoms with Crippen LogP contribution in [0.2, 0.25) is 0 Å². The molecule has 0 radical (unpaired) electrons. The van der Waals surface area contributed by atoms with Crippen LogP contribution in [0.15, 0.2) is 0 Å². The number of carbonyl (C=O) groups is 2. The number of hydrogen-bond donors (Lipinski definition) is 2. The fraction of sp³-hybridized carbons (Fsp3) is 0.947. The molecule has 1 unspecified atom stereocenters. The second-order valence-corrected chi connectivity index (χ2v) is 18.3. The molecule has 5 saturated carbocycles. The van der Waals surface area contributed by atoms with Crippen LogP contribution in [-0.2, 0) is 19.1 Å². The van der Waals surface area contributed by atoms with Gasteiger partial charge in [-0.15, -0.1) is 0 Å². The number of ether oxygens (including phenoxy) is 2. The molecular formula is C38H62N4O4. The molecule has 2 N–H and O–H groups in total. The zero-order valence-corrected chi connectivity index (χ0v) is 29.5. The second-order valence-electron chi connectivity index (χ2n) is 18.3. The Hall–Kier alpha value is -1.22. The number of nitrogens with zero attached hydrogens (tertiary/aromatic N) is 2. The molecule has 2 amide bonds. The van der Waals surface area contributed by atoms with Gasteiger partial charge in [0.2, 0.25) is 11.8 Å². The van der Waals surface area contributed by atoms with E-state index >= 15 is 0 Å². The highest BCUT2D eigenvalue weighted by atomic mass is 16.7. The van der Waals surface area contributed by atoms with Crippen LogP contribution in [0.1, 0.15) is 98.3 Å². The van der Waals surface area contributed by atoms with Gasteiger partial charge in [-0.2, -0.15) is 0 Å². The molecule has 8 fully saturated rings. The topological polar surface area (TPSA) is 83.1 Å². The molecule has 8 nitrogen and oxygen atoms in total. The Bertz CT molecular complexity index is 1210. The van der Waals surface area contributed by atoms with E-state index in [9.17, 15) is 9.59 Å². The molecule has 3 heterocycles. The minimum absolute atomic E-state index is 0.0483. The highest BCUT2D eigenvalue weighted by Crippen LogP contribution is 2.84. The molecular weight excluding hydrogens is 576 g/mol. The van der Waals surface area contributed by atoms with Gasteiger partial charge >= 0.3 is 0 Å². The van der Waals surface area contributed by atoms with Crippen molar-refractivity contribution in [3.8, 4) is 0 Å². The van der Waals surface area contributed by atoms with Crippen LogP contribution in [0.25, 0.3) is 0 Å². The molecule has 0 bridgehead atoms. The number of carbonyl (C=O) groups excluding carboxylic acids is 2. The third-order valence-electron chi connectivity index (χ3n) is 16.0. The van der Waals surface area contributed by atoms with E-state index in [1.54, 1.807) is 0 Å². The molecule has 8 rings (SSSR count). The van der Waals surface area contributed by atoms with Crippen molar-refractivity contribution in [1.29, 1.82) is 0 Å². The van der Waals surface area contributed by atoms with Crippen molar-refractivity contribution in [3.63, 3.8) is 0 Å². The standard InChI is InChI=1S/C38H62N4O4/c1-24-19-31-37(4)34-30(46-38(31,37)45-23-24)21-29-27-8-7-25-20-26(9-11-35(25,2)28(27)10-12-36(29,34)3)40-33(44)22-32(43)39-13-6-14-42-17-15-41(5)16-18-42/h24-31,34H,6-23H2,1-5H3,(H,39,43)(H,40,44)/t24-,25+,26-,27+,28-,29-,30-,31?,34-,35-,36-,37-,38+/m0/s1. The Morgan fingerprint density at radius 1 is 0.891 bits per heavy atom. The summed E-state index contributed by atoms with van der Waals surface area (Å²) in [7, 11) is 2.17. The number of hydrogen-bond acceptors (Lipinski definition) is 6. The summed E-state index contributed by atoms with van der Waals surface area (Å²) in [5.41, 5.74) is 0.938. The highest BCUT2D eigenvalue weighted by Gasteiger charge is 2.89. The van der Waals surface area contributed by atoms with Crippen LogP contribution in [-0.4, -0.2) is 92.5 Å². The summed E-state index contributed by atoms with van der Waals surface area (Å²) >= 11 is 0. The maximum absolute atomic E-state index is 12.9. The van der Waals surface area contributed by atoms with Crippen LogP contribution in [0.4, 0.5) is 0 Å². The SMILES string of the molecule is C[C@@H]1CO[C@]23O[C@H]4C[C@H]5[C@@H]6CC[C@@H]7C[C@@H](NC(=O)CC(=O)NCCCN8CCN(C)CC8)CC[C@]7(C)[C@H]6CC[C@]5(C)[C@H]4[C@]2(C)C3C1. The minimum Gasteiger partial charge on any atom is -0.356 e. The molecule has 46 heavy (non-hydrogen) atoms. The Morgan fingerprint density at radius 2 is 1.67 bits per heavy atom. The van der Waals surface area contributed by atoms with Crippen LogP contribution in [0, 0.1) is 57.7 Å². The maximum atomic E-state index is 12.9. The zero-order chi connectivity index (χ0) is 32.1. The molecule has 258 valence electrons. The number of fused-ring (bicyclic) bond motifs is 9. The molecule has 3 saturated heterocycles. The first-order valence-corrected chi connectivity index (χ1v) is 19.3. The average molecular weight is 639 g/mol. The summed E-state index contributed by atoms with van der Waals surface area (Å²) in [6.45, 7) is 17.1. The van der Waals surface area contributed by atoms with Gasteiger partial charge in [0, 0.05) is 56.0 Å². The summed E-state index contributed by atoms with van der Waals surface area (Å²) in [6, 6.07) is 0.206. The van der Waals surface area contributed by atoms with Crippen LogP contribution in [0.3, 0.4) is 0 Å². The number of nitrogens with one attached hydrogen (secondary N) is 2. The van der Waals surface area contributed by atoms with Crippen molar-refractivity contribution >= 4 is 11.8 Å². The largest absolute Gasteiger partial charge is 0.356 e. The van der Waals surface area contributed by atoms with Crippen molar-refractivity contribution in [2.45, 2.75) is 116 Å². The Kier molecular flexibility index (Phi) is 7.94. The van der Waals surface area contributed by atoms with Crippen LogP contribution < -0.4 is 10.6 Å². The van der Waals surface area contributed by atoms with Gasteiger partial charge in [-0.3, -0.25) is 9.59 Å². The average Bonchev–Trinajstić information content (AvgIpc) is 3.23. The lowest BCUT2D eigenvalue weighted by molar-refractivity contribution is -0.212. The lowest BCUT2D eigenvalue weighted by Crippen LogP contribution is -2.56. The molecule has 1 spiro atoms. The summed E-state index contributed by atoms with van der Waals surface area (Å²) < 4.78 is 13.6. The molecule has 0 aromatic heterocycles. The van der Waals surface area contributed by atoms with E-state index in [-0.39, 0.29) is 35.5 Å². The number of rotatable bonds is 7.